The third-order valence-electron chi connectivity index (χ3n) is 5.80. The number of nitrogens with one attached hydrogen (secondary N) is 1. The Morgan fingerprint density at radius 3 is 2.67 bits per heavy atom. The molecule has 0 unspecified atom stereocenters. The summed E-state index contributed by atoms with van der Waals surface area (Å²) in [7, 11) is 0. The Labute approximate surface area is 194 Å². The van der Waals surface area contributed by atoms with Gasteiger partial charge in [0.25, 0.3) is 0 Å². The van der Waals surface area contributed by atoms with E-state index in [2.05, 4.69) is 46.4 Å². The molecular weight excluding hydrogens is 415 g/mol. The van der Waals surface area contributed by atoms with Crippen LogP contribution in [0.15, 0.2) is 55.0 Å². The van der Waals surface area contributed by atoms with Gasteiger partial charge in [-0.05, 0) is 60.1 Å². The van der Waals surface area contributed by atoms with Crippen LogP contribution >= 0.6 is 0 Å². The Morgan fingerprint density at radius 2 is 1.94 bits per heavy atom. The van der Waals surface area contributed by atoms with Crippen LogP contribution in [0.5, 0.6) is 0 Å². The largest absolute Gasteiger partial charge is 0.369 e. The predicted octanol–water partition coefficient (Wildman–Crippen LogP) is 5.53. The second-order valence-electron chi connectivity index (χ2n) is 9.97. The molecule has 1 aliphatic carbocycles. The monoisotopic (exact) mass is 445 g/mol. The Morgan fingerprint density at radius 1 is 1.15 bits per heavy atom. The molecule has 7 heteroatoms. The minimum absolute atomic E-state index is 0.0984. The molecule has 2 aromatic heterocycles. The van der Waals surface area contributed by atoms with Crippen molar-refractivity contribution in [2.45, 2.75) is 52.0 Å². The summed E-state index contributed by atoms with van der Waals surface area (Å²) in [5.41, 5.74) is 3.11. The van der Waals surface area contributed by atoms with Gasteiger partial charge in [0.15, 0.2) is 0 Å². The standard InChI is InChI=1S/C26H29FN6/c1-26(2,3)15-28-25-22-13-17(4-11-23(22)29-16-30-25)12-21(18-5-7-19(27)8-6-18)24-14-33(32-31-24)20-9-10-20/h4-8,11,13-14,16,20-21H,9-10,12,15H2,1-3H3,(H,28,29,30)/t21-/m1/s1/i21D. The minimum atomic E-state index is -1.22. The van der Waals surface area contributed by atoms with Crippen molar-refractivity contribution in [2.75, 3.05) is 11.9 Å². The lowest BCUT2D eigenvalue weighted by atomic mass is 9.89. The second kappa shape index (κ2) is 8.54. The number of benzene rings is 2. The maximum atomic E-state index is 13.7. The van der Waals surface area contributed by atoms with Gasteiger partial charge in [-0.2, -0.15) is 0 Å². The molecule has 4 aromatic rings. The summed E-state index contributed by atoms with van der Waals surface area (Å²) < 4.78 is 25.1. The van der Waals surface area contributed by atoms with Gasteiger partial charge >= 0.3 is 0 Å². The van der Waals surface area contributed by atoms with Crippen molar-refractivity contribution in [3.05, 3.63) is 77.6 Å². The molecular formula is C26H29FN6. The Balaban J connectivity index is 1.53. The Bertz CT molecular complexity index is 1310. The molecule has 1 N–H and O–H groups in total. The van der Waals surface area contributed by atoms with Crippen molar-refractivity contribution in [1.29, 1.82) is 0 Å². The molecule has 0 saturated heterocycles. The normalized spacial score (nSPS) is 16.4. The minimum Gasteiger partial charge on any atom is -0.369 e. The number of anilines is 1. The van der Waals surface area contributed by atoms with Gasteiger partial charge < -0.3 is 5.32 Å². The van der Waals surface area contributed by atoms with E-state index in [0.29, 0.717) is 23.7 Å². The number of hydrogen-bond acceptors (Lipinski definition) is 5. The fraction of sp³-hybridized carbons (Fsp3) is 0.385. The van der Waals surface area contributed by atoms with E-state index in [1.807, 2.05) is 29.1 Å². The van der Waals surface area contributed by atoms with Crippen LogP contribution < -0.4 is 5.32 Å². The molecule has 5 rings (SSSR count). The maximum absolute atomic E-state index is 13.7. The fourth-order valence-corrected chi connectivity index (χ4v) is 3.83. The van der Waals surface area contributed by atoms with E-state index in [-0.39, 0.29) is 11.2 Å². The van der Waals surface area contributed by atoms with Gasteiger partial charge in [0.05, 0.1) is 17.3 Å². The number of aromatic nitrogens is 5. The molecule has 0 spiro atoms. The van der Waals surface area contributed by atoms with E-state index in [4.69, 9.17) is 0 Å². The predicted molar refractivity (Wildman–Crippen MR) is 128 cm³/mol. The van der Waals surface area contributed by atoms with Crippen LogP contribution in [0.3, 0.4) is 0 Å². The molecule has 33 heavy (non-hydrogen) atoms. The number of rotatable bonds is 7. The Kier molecular flexibility index (Phi) is 5.24. The van der Waals surface area contributed by atoms with Crippen LogP contribution in [0, 0.1) is 11.2 Å². The summed E-state index contributed by atoms with van der Waals surface area (Å²) in [5, 5.41) is 13.0. The van der Waals surface area contributed by atoms with E-state index in [0.717, 1.165) is 41.7 Å². The molecule has 1 saturated carbocycles. The highest BCUT2D eigenvalue weighted by atomic mass is 19.1. The van der Waals surface area contributed by atoms with Crippen LogP contribution in [0.1, 0.15) is 63.7 Å². The highest BCUT2D eigenvalue weighted by Crippen LogP contribution is 2.36. The molecule has 6 nitrogen and oxygen atoms in total. The number of hydrogen-bond donors (Lipinski definition) is 1. The first kappa shape index (κ1) is 20.3. The third-order valence-corrected chi connectivity index (χ3v) is 5.80. The number of nitrogens with zero attached hydrogens (tertiary/aromatic N) is 5. The fourth-order valence-electron chi connectivity index (χ4n) is 3.83. The van der Waals surface area contributed by atoms with Gasteiger partial charge in [0, 0.05) is 25.4 Å². The van der Waals surface area contributed by atoms with Crippen molar-refractivity contribution < 1.29 is 5.76 Å². The Hall–Kier alpha value is -3.35. The topological polar surface area (TPSA) is 68.5 Å². The van der Waals surface area contributed by atoms with Gasteiger partial charge in [0.2, 0.25) is 0 Å². The molecule has 170 valence electrons. The lowest BCUT2D eigenvalue weighted by Gasteiger charge is -2.20. The van der Waals surface area contributed by atoms with Crippen molar-refractivity contribution in [2.24, 2.45) is 5.41 Å². The summed E-state index contributed by atoms with van der Waals surface area (Å²) in [4.78, 5) is 8.88. The van der Waals surface area contributed by atoms with Crippen molar-refractivity contribution in [3.8, 4) is 0 Å². The van der Waals surface area contributed by atoms with Gasteiger partial charge in [-0.15, -0.1) is 5.10 Å². The van der Waals surface area contributed by atoms with E-state index in [9.17, 15) is 5.76 Å². The molecule has 1 aliphatic rings. The van der Waals surface area contributed by atoms with Crippen LogP contribution in [-0.4, -0.2) is 31.5 Å². The zero-order valence-corrected chi connectivity index (χ0v) is 19.2. The zero-order valence-electron chi connectivity index (χ0n) is 20.2. The van der Waals surface area contributed by atoms with Crippen LogP contribution in [0.4, 0.5) is 10.2 Å². The number of halogens is 1. The van der Waals surface area contributed by atoms with E-state index >= 15 is 0 Å². The molecule has 1 fully saturated rings. The lowest BCUT2D eigenvalue weighted by Crippen LogP contribution is -2.19. The van der Waals surface area contributed by atoms with Crippen LogP contribution in [0.2, 0.25) is 0 Å². The van der Waals surface area contributed by atoms with E-state index < -0.39 is 5.89 Å². The van der Waals surface area contributed by atoms with Gasteiger partial charge in [-0.3, -0.25) is 0 Å². The summed E-state index contributed by atoms with van der Waals surface area (Å²) >= 11 is 0. The van der Waals surface area contributed by atoms with Gasteiger partial charge in [0.1, 0.15) is 18.0 Å². The van der Waals surface area contributed by atoms with Gasteiger partial charge in [-0.25, -0.2) is 19.0 Å². The summed E-state index contributed by atoms with van der Waals surface area (Å²) in [5.74, 6) is -0.771. The van der Waals surface area contributed by atoms with Crippen molar-refractivity contribution >= 4 is 16.7 Å². The van der Waals surface area contributed by atoms with Gasteiger partial charge in [-0.1, -0.05) is 44.2 Å². The molecule has 2 heterocycles. The first-order valence-electron chi connectivity index (χ1n) is 11.9. The molecule has 0 amide bonds. The number of fused-ring (bicyclic) bond motifs is 1. The summed E-state index contributed by atoms with van der Waals surface area (Å²) in [6.45, 7) is 7.27. The quantitative estimate of drug-likeness (QED) is 0.405. The molecule has 0 bridgehead atoms. The smallest absolute Gasteiger partial charge is 0.137 e. The highest BCUT2D eigenvalue weighted by Gasteiger charge is 2.27. The maximum Gasteiger partial charge on any atom is 0.137 e. The third kappa shape index (κ3) is 5.02. The first-order chi connectivity index (χ1) is 16.2. The average Bonchev–Trinajstić information content (AvgIpc) is 3.53. The second-order valence-corrected chi connectivity index (χ2v) is 9.97. The molecule has 2 aromatic carbocycles. The lowest BCUT2D eigenvalue weighted by molar-refractivity contribution is 0.442. The molecule has 1 atom stereocenters. The molecule has 0 radical (unpaired) electrons. The first-order valence-corrected chi connectivity index (χ1v) is 11.4. The van der Waals surface area contributed by atoms with E-state index in [1.54, 1.807) is 18.5 Å². The van der Waals surface area contributed by atoms with Crippen molar-refractivity contribution in [1.82, 2.24) is 25.0 Å². The highest BCUT2D eigenvalue weighted by molar-refractivity contribution is 5.89. The van der Waals surface area contributed by atoms with Crippen molar-refractivity contribution in [3.63, 3.8) is 0 Å². The van der Waals surface area contributed by atoms with Crippen LogP contribution in [-0.2, 0) is 6.42 Å². The average molecular weight is 446 g/mol. The van der Waals surface area contributed by atoms with E-state index in [1.165, 1.54) is 12.1 Å². The summed E-state index contributed by atoms with van der Waals surface area (Å²) in [6.07, 6.45) is 5.95. The SMILES string of the molecule is [2H][C@@](Cc1ccc2ncnc(NCC(C)(C)C)c2c1)(c1ccc(F)cc1)c1cn(C2CC2)nn1. The summed E-state index contributed by atoms with van der Waals surface area (Å²) in [6, 6.07) is 12.5. The molecule has 0 aliphatic heterocycles. The van der Waals surface area contributed by atoms with Crippen LogP contribution in [0.25, 0.3) is 10.9 Å². The zero-order chi connectivity index (χ0) is 23.9.